The number of nitrogens with one attached hydrogen (secondary N) is 1. The second kappa shape index (κ2) is 6.40. The highest BCUT2D eigenvalue weighted by molar-refractivity contribution is 5.85. The van der Waals surface area contributed by atoms with E-state index in [4.69, 9.17) is 4.74 Å². The van der Waals surface area contributed by atoms with Crippen molar-refractivity contribution >= 4 is 29.7 Å². The molecule has 6 heteroatoms. The Balaban J connectivity index is 0.00000176. The minimum atomic E-state index is 0. The second-order valence-electron chi connectivity index (χ2n) is 5.43. The van der Waals surface area contributed by atoms with Crippen LogP contribution in [0, 0.1) is 6.92 Å². The molecule has 1 aliphatic heterocycles. The highest BCUT2D eigenvalue weighted by Crippen LogP contribution is 2.34. The summed E-state index contributed by atoms with van der Waals surface area (Å²) in [7, 11) is 3.71. The third-order valence-electron chi connectivity index (χ3n) is 3.75. The van der Waals surface area contributed by atoms with E-state index in [1.165, 1.54) is 5.56 Å². The Bertz CT molecular complexity index is 677. The minimum absolute atomic E-state index is 0. The van der Waals surface area contributed by atoms with E-state index in [1.807, 2.05) is 32.2 Å². The fourth-order valence-corrected chi connectivity index (χ4v) is 2.70. The Labute approximate surface area is 137 Å². The number of methoxy groups -OCH3 is 1. The van der Waals surface area contributed by atoms with Crippen molar-refractivity contribution < 1.29 is 4.74 Å². The molecule has 0 radical (unpaired) electrons. The SMILES string of the molecule is COc1cccc(N(C)c2nc(C)nc3c2CC(C)N3)c1.Cl. The Morgan fingerprint density at radius 2 is 2.09 bits per heavy atom. The standard InChI is InChI=1S/C16H20N4O.ClH/c1-10-8-14-15(17-10)18-11(2)19-16(14)20(3)12-6-5-7-13(9-12)21-4;/h5-7,9-10H,8H2,1-4H3,(H,17,18,19);1H. The molecule has 118 valence electrons. The molecule has 1 atom stereocenters. The quantitative estimate of drug-likeness (QED) is 0.940. The largest absolute Gasteiger partial charge is 0.497 e. The number of rotatable bonds is 3. The van der Waals surface area contributed by atoms with Crippen molar-refractivity contribution in [1.82, 2.24) is 9.97 Å². The maximum absolute atomic E-state index is 5.30. The summed E-state index contributed by atoms with van der Waals surface area (Å²) in [6, 6.07) is 8.39. The zero-order valence-electron chi connectivity index (χ0n) is 13.3. The molecule has 2 heterocycles. The number of hydrogen-bond donors (Lipinski definition) is 1. The van der Waals surface area contributed by atoms with E-state index in [1.54, 1.807) is 7.11 Å². The molecule has 1 aromatic carbocycles. The molecular weight excluding hydrogens is 300 g/mol. The summed E-state index contributed by atoms with van der Waals surface area (Å²) in [5.41, 5.74) is 2.23. The van der Waals surface area contributed by atoms with Gasteiger partial charge in [0.1, 0.15) is 23.2 Å². The molecule has 0 spiro atoms. The number of fused-ring (bicyclic) bond motifs is 1. The van der Waals surface area contributed by atoms with E-state index in [9.17, 15) is 0 Å². The van der Waals surface area contributed by atoms with Crippen molar-refractivity contribution in [1.29, 1.82) is 0 Å². The predicted molar refractivity (Wildman–Crippen MR) is 91.9 cm³/mol. The molecule has 0 amide bonds. The van der Waals surface area contributed by atoms with Gasteiger partial charge in [-0.2, -0.15) is 0 Å². The molecule has 0 aliphatic carbocycles. The summed E-state index contributed by atoms with van der Waals surface area (Å²) in [4.78, 5) is 11.2. The highest BCUT2D eigenvalue weighted by Gasteiger charge is 2.25. The smallest absolute Gasteiger partial charge is 0.141 e. The van der Waals surface area contributed by atoms with Gasteiger partial charge in [-0.25, -0.2) is 9.97 Å². The highest BCUT2D eigenvalue weighted by atomic mass is 35.5. The first-order valence-corrected chi connectivity index (χ1v) is 7.10. The van der Waals surface area contributed by atoms with Gasteiger partial charge < -0.3 is 15.0 Å². The van der Waals surface area contributed by atoms with Gasteiger partial charge in [-0.3, -0.25) is 0 Å². The third-order valence-corrected chi connectivity index (χ3v) is 3.75. The van der Waals surface area contributed by atoms with E-state index in [0.717, 1.165) is 35.3 Å². The Morgan fingerprint density at radius 3 is 2.82 bits per heavy atom. The van der Waals surface area contributed by atoms with E-state index in [0.29, 0.717) is 6.04 Å². The summed E-state index contributed by atoms with van der Waals surface area (Å²) < 4.78 is 5.30. The molecule has 3 rings (SSSR count). The first kappa shape index (κ1) is 16.4. The lowest BCUT2D eigenvalue weighted by atomic mass is 10.1. The van der Waals surface area contributed by atoms with Gasteiger partial charge in [0.05, 0.1) is 7.11 Å². The molecule has 0 saturated heterocycles. The van der Waals surface area contributed by atoms with Gasteiger partial charge in [0.2, 0.25) is 0 Å². The molecule has 0 saturated carbocycles. The number of halogens is 1. The van der Waals surface area contributed by atoms with E-state index >= 15 is 0 Å². The molecular formula is C16H21ClN4O. The van der Waals surface area contributed by atoms with Crippen molar-refractivity contribution in [2.45, 2.75) is 26.3 Å². The summed E-state index contributed by atoms with van der Waals surface area (Å²) in [5, 5.41) is 3.40. The molecule has 2 aromatic rings. The van der Waals surface area contributed by atoms with Crippen LogP contribution in [0.15, 0.2) is 24.3 Å². The van der Waals surface area contributed by atoms with Crippen LogP contribution in [0.3, 0.4) is 0 Å². The number of ether oxygens (including phenoxy) is 1. The normalized spacial score (nSPS) is 15.5. The van der Waals surface area contributed by atoms with E-state index in [-0.39, 0.29) is 12.4 Å². The van der Waals surface area contributed by atoms with Gasteiger partial charge in [0, 0.05) is 30.4 Å². The summed E-state index contributed by atoms with van der Waals surface area (Å²) >= 11 is 0. The second-order valence-corrected chi connectivity index (χ2v) is 5.43. The van der Waals surface area contributed by atoms with Crippen molar-refractivity contribution in [2.24, 2.45) is 0 Å². The van der Waals surface area contributed by atoms with Crippen LogP contribution in [0.25, 0.3) is 0 Å². The Kier molecular flexibility index (Phi) is 4.76. The predicted octanol–water partition coefficient (Wildman–Crippen LogP) is 3.34. The summed E-state index contributed by atoms with van der Waals surface area (Å²) in [6.45, 7) is 4.08. The lowest BCUT2D eigenvalue weighted by molar-refractivity contribution is 0.415. The van der Waals surface area contributed by atoms with E-state index < -0.39 is 0 Å². The van der Waals surface area contributed by atoms with Gasteiger partial charge in [0.25, 0.3) is 0 Å². The number of benzene rings is 1. The lowest BCUT2D eigenvalue weighted by Crippen LogP contribution is -2.14. The van der Waals surface area contributed by atoms with Crippen LogP contribution in [-0.4, -0.2) is 30.2 Å². The average Bonchev–Trinajstić information content (AvgIpc) is 2.85. The van der Waals surface area contributed by atoms with Crippen LogP contribution in [-0.2, 0) is 6.42 Å². The molecule has 1 aliphatic rings. The first-order chi connectivity index (χ1) is 10.1. The molecule has 1 N–H and O–H groups in total. The van der Waals surface area contributed by atoms with E-state index in [2.05, 4.69) is 33.2 Å². The molecule has 5 nitrogen and oxygen atoms in total. The summed E-state index contributed by atoms with van der Waals surface area (Å²) in [5.74, 6) is 3.54. The lowest BCUT2D eigenvalue weighted by Gasteiger charge is -2.21. The maximum Gasteiger partial charge on any atom is 0.141 e. The Morgan fingerprint density at radius 1 is 1.32 bits per heavy atom. The van der Waals surface area contributed by atoms with Crippen molar-refractivity contribution in [3.05, 3.63) is 35.7 Å². The molecule has 0 fully saturated rings. The number of anilines is 3. The van der Waals surface area contributed by atoms with Gasteiger partial charge in [-0.1, -0.05) is 6.07 Å². The topological polar surface area (TPSA) is 50.3 Å². The Hall–Kier alpha value is -2.01. The molecule has 1 unspecified atom stereocenters. The van der Waals surface area contributed by atoms with Crippen molar-refractivity contribution in [2.75, 3.05) is 24.4 Å². The van der Waals surface area contributed by atoms with Crippen molar-refractivity contribution in [3.8, 4) is 5.75 Å². The van der Waals surface area contributed by atoms with Crippen LogP contribution in [0.2, 0.25) is 0 Å². The van der Waals surface area contributed by atoms with Gasteiger partial charge in [-0.15, -0.1) is 12.4 Å². The monoisotopic (exact) mass is 320 g/mol. The maximum atomic E-state index is 5.30. The number of hydrogen-bond acceptors (Lipinski definition) is 5. The van der Waals surface area contributed by atoms with Crippen LogP contribution in [0.5, 0.6) is 5.75 Å². The fraction of sp³-hybridized carbons (Fsp3) is 0.375. The van der Waals surface area contributed by atoms with Crippen LogP contribution in [0.1, 0.15) is 18.3 Å². The molecule has 22 heavy (non-hydrogen) atoms. The van der Waals surface area contributed by atoms with Gasteiger partial charge >= 0.3 is 0 Å². The number of nitrogens with zero attached hydrogens (tertiary/aromatic N) is 3. The average molecular weight is 321 g/mol. The van der Waals surface area contributed by atoms with Crippen LogP contribution in [0.4, 0.5) is 17.3 Å². The molecule has 0 bridgehead atoms. The zero-order chi connectivity index (χ0) is 15.0. The number of aromatic nitrogens is 2. The molecule has 1 aromatic heterocycles. The third kappa shape index (κ3) is 2.95. The summed E-state index contributed by atoms with van der Waals surface area (Å²) in [6.07, 6.45) is 0.944. The van der Waals surface area contributed by atoms with Crippen molar-refractivity contribution in [3.63, 3.8) is 0 Å². The zero-order valence-corrected chi connectivity index (χ0v) is 14.1. The van der Waals surface area contributed by atoms with Crippen LogP contribution < -0.4 is 15.0 Å². The van der Waals surface area contributed by atoms with Gasteiger partial charge in [0.15, 0.2) is 0 Å². The van der Waals surface area contributed by atoms with Gasteiger partial charge in [-0.05, 0) is 32.4 Å². The first-order valence-electron chi connectivity index (χ1n) is 7.10. The number of aryl methyl sites for hydroxylation is 1. The van der Waals surface area contributed by atoms with Crippen LogP contribution >= 0.6 is 12.4 Å². The fourth-order valence-electron chi connectivity index (χ4n) is 2.70. The minimum Gasteiger partial charge on any atom is -0.497 e.